The number of carbonyl (C=O) groups excluding carboxylic acids is 1. The summed E-state index contributed by atoms with van der Waals surface area (Å²) in [5.41, 5.74) is 0. The summed E-state index contributed by atoms with van der Waals surface area (Å²) in [5.74, 6) is 2.97. The van der Waals surface area contributed by atoms with E-state index in [4.69, 9.17) is 0 Å². The highest BCUT2D eigenvalue weighted by Crippen LogP contribution is 2.40. The van der Waals surface area contributed by atoms with Crippen molar-refractivity contribution in [3.8, 4) is 0 Å². The Morgan fingerprint density at radius 3 is 2.59 bits per heavy atom. The van der Waals surface area contributed by atoms with E-state index in [2.05, 4.69) is 38.5 Å². The lowest BCUT2D eigenvalue weighted by Gasteiger charge is -2.35. The van der Waals surface area contributed by atoms with Gasteiger partial charge in [-0.25, -0.2) is 4.98 Å². The van der Waals surface area contributed by atoms with Crippen molar-refractivity contribution < 1.29 is 4.79 Å². The van der Waals surface area contributed by atoms with Crippen molar-refractivity contribution in [2.24, 2.45) is 0 Å². The zero-order valence-corrected chi connectivity index (χ0v) is 16.7. The summed E-state index contributed by atoms with van der Waals surface area (Å²) in [6.45, 7) is 7.41. The van der Waals surface area contributed by atoms with Crippen molar-refractivity contribution in [3.05, 3.63) is 30.2 Å². The van der Waals surface area contributed by atoms with Crippen molar-refractivity contribution in [2.45, 2.75) is 43.8 Å². The van der Waals surface area contributed by atoms with Gasteiger partial charge in [0.15, 0.2) is 5.16 Å². The van der Waals surface area contributed by atoms with Crippen LogP contribution >= 0.6 is 11.8 Å². The standard InChI is InChI=1S/C19H26N6OS/c1-14(2)18-21-22-19(25(18)15-6-7-15)27-13-17(26)24-11-9-23(10-12-24)16-5-3-4-8-20-16/h3-5,8,14-15H,6-7,9-13H2,1-2H3. The van der Waals surface area contributed by atoms with E-state index in [-0.39, 0.29) is 5.91 Å². The van der Waals surface area contributed by atoms with Crippen LogP contribution in [0.3, 0.4) is 0 Å². The number of carbonyl (C=O) groups is 1. The highest BCUT2D eigenvalue weighted by molar-refractivity contribution is 7.99. The summed E-state index contributed by atoms with van der Waals surface area (Å²) in [6, 6.07) is 6.46. The minimum Gasteiger partial charge on any atom is -0.353 e. The van der Waals surface area contributed by atoms with Crippen LogP contribution in [-0.2, 0) is 4.79 Å². The Balaban J connectivity index is 1.32. The largest absolute Gasteiger partial charge is 0.353 e. The van der Waals surface area contributed by atoms with Crippen LogP contribution in [0.1, 0.15) is 44.5 Å². The van der Waals surface area contributed by atoms with Crippen LogP contribution in [0.25, 0.3) is 0 Å². The van der Waals surface area contributed by atoms with Crippen LogP contribution in [0.2, 0.25) is 0 Å². The second-order valence-electron chi connectivity index (χ2n) is 7.44. The minimum absolute atomic E-state index is 0.178. The molecule has 0 aromatic carbocycles. The van der Waals surface area contributed by atoms with Crippen molar-refractivity contribution >= 4 is 23.5 Å². The molecule has 2 fully saturated rings. The lowest BCUT2D eigenvalue weighted by atomic mass is 10.2. The molecule has 8 heteroatoms. The highest BCUT2D eigenvalue weighted by Gasteiger charge is 2.31. The lowest BCUT2D eigenvalue weighted by Crippen LogP contribution is -2.49. The average Bonchev–Trinajstić information content (AvgIpc) is 3.45. The van der Waals surface area contributed by atoms with Crippen LogP contribution in [0, 0.1) is 0 Å². The van der Waals surface area contributed by atoms with Crippen LogP contribution < -0.4 is 4.90 Å². The zero-order valence-electron chi connectivity index (χ0n) is 15.9. The molecule has 0 atom stereocenters. The van der Waals surface area contributed by atoms with E-state index < -0.39 is 0 Å². The fourth-order valence-electron chi connectivity index (χ4n) is 3.40. The number of hydrogen-bond donors (Lipinski definition) is 0. The average molecular weight is 387 g/mol. The maximum atomic E-state index is 12.7. The molecule has 0 bridgehead atoms. The molecule has 1 aliphatic carbocycles. The molecule has 1 amide bonds. The SMILES string of the molecule is CC(C)c1nnc(SCC(=O)N2CCN(c3ccccn3)CC2)n1C1CC1. The van der Waals surface area contributed by atoms with E-state index in [1.165, 1.54) is 24.6 Å². The number of hydrogen-bond acceptors (Lipinski definition) is 6. The number of nitrogens with zero attached hydrogens (tertiary/aromatic N) is 6. The van der Waals surface area contributed by atoms with Gasteiger partial charge in [0.1, 0.15) is 11.6 Å². The molecule has 0 radical (unpaired) electrons. The normalized spacial score (nSPS) is 17.6. The fraction of sp³-hybridized carbons (Fsp3) is 0.579. The molecule has 4 rings (SSSR count). The van der Waals surface area contributed by atoms with E-state index in [1.807, 2.05) is 29.3 Å². The molecule has 7 nitrogen and oxygen atoms in total. The molecule has 3 heterocycles. The smallest absolute Gasteiger partial charge is 0.233 e. The summed E-state index contributed by atoms with van der Waals surface area (Å²) < 4.78 is 2.25. The molecular weight excluding hydrogens is 360 g/mol. The van der Waals surface area contributed by atoms with Gasteiger partial charge in [0.25, 0.3) is 0 Å². The Bertz CT molecular complexity index is 781. The predicted octanol–water partition coefficient (Wildman–Crippen LogP) is 2.57. The number of amides is 1. The zero-order chi connectivity index (χ0) is 18.8. The molecule has 2 aromatic rings. The third-order valence-electron chi connectivity index (χ3n) is 5.05. The molecule has 1 saturated heterocycles. The van der Waals surface area contributed by atoms with Gasteiger partial charge in [-0.1, -0.05) is 31.7 Å². The van der Waals surface area contributed by atoms with E-state index in [0.29, 0.717) is 17.7 Å². The summed E-state index contributed by atoms with van der Waals surface area (Å²) in [4.78, 5) is 21.2. The van der Waals surface area contributed by atoms with Gasteiger partial charge in [0.05, 0.1) is 5.75 Å². The number of piperazine rings is 1. The molecule has 2 aliphatic rings. The van der Waals surface area contributed by atoms with Crippen LogP contribution in [0.15, 0.2) is 29.6 Å². The summed E-state index contributed by atoms with van der Waals surface area (Å²) in [5, 5.41) is 9.61. The number of rotatable bonds is 6. The topological polar surface area (TPSA) is 67.2 Å². The Morgan fingerprint density at radius 1 is 1.19 bits per heavy atom. The first-order valence-electron chi connectivity index (χ1n) is 9.65. The van der Waals surface area contributed by atoms with Crippen molar-refractivity contribution in [3.63, 3.8) is 0 Å². The van der Waals surface area contributed by atoms with Gasteiger partial charge in [-0.3, -0.25) is 4.79 Å². The van der Waals surface area contributed by atoms with Gasteiger partial charge in [0.2, 0.25) is 5.91 Å². The molecule has 27 heavy (non-hydrogen) atoms. The maximum absolute atomic E-state index is 12.7. The second-order valence-corrected chi connectivity index (χ2v) is 8.38. The summed E-state index contributed by atoms with van der Waals surface area (Å²) in [7, 11) is 0. The number of anilines is 1. The number of aromatic nitrogens is 4. The number of pyridine rings is 1. The fourth-order valence-corrected chi connectivity index (χ4v) is 4.32. The molecule has 0 unspecified atom stereocenters. The molecular formula is C19H26N6OS. The van der Waals surface area contributed by atoms with Crippen LogP contribution in [0.4, 0.5) is 5.82 Å². The quantitative estimate of drug-likeness (QED) is 0.711. The van der Waals surface area contributed by atoms with E-state index in [9.17, 15) is 4.79 Å². The van der Waals surface area contributed by atoms with Gasteiger partial charge >= 0.3 is 0 Å². The van der Waals surface area contributed by atoms with Gasteiger partial charge < -0.3 is 14.4 Å². The Morgan fingerprint density at radius 2 is 1.96 bits per heavy atom. The van der Waals surface area contributed by atoms with E-state index >= 15 is 0 Å². The maximum Gasteiger partial charge on any atom is 0.233 e. The van der Waals surface area contributed by atoms with Gasteiger partial charge in [-0.15, -0.1) is 10.2 Å². The van der Waals surface area contributed by atoms with Crippen molar-refractivity contribution in [1.29, 1.82) is 0 Å². The molecule has 1 aliphatic heterocycles. The molecule has 0 spiro atoms. The lowest BCUT2D eigenvalue weighted by molar-refractivity contribution is -0.128. The number of thioether (sulfide) groups is 1. The molecule has 1 saturated carbocycles. The van der Waals surface area contributed by atoms with E-state index in [0.717, 1.165) is 43.0 Å². The van der Waals surface area contributed by atoms with Gasteiger partial charge in [-0.05, 0) is 25.0 Å². The van der Waals surface area contributed by atoms with Crippen LogP contribution in [0.5, 0.6) is 0 Å². The molecule has 0 N–H and O–H groups in total. The molecule has 144 valence electrons. The first-order chi connectivity index (χ1) is 13.1. The molecule has 2 aromatic heterocycles. The van der Waals surface area contributed by atoms with Gasteiger partial charge in [-0.2, -0.15) is 0 Å². The van der Waals surface area contributed by atoms with Crippen molar-refractivity contribution in [1.82, 2.24) is 24.6 Å². The third kappa shape index (κ3) is 4.10. The van der Waals surface area contributed by atoms with Gasteiger partial charge in [0, 0.05) is 44.3 Å². The summed E-state index contributed by atoms with van der Waals surface area (Å²) in [6.07, 6.45) is 4.19. The summed E-state index contributed by atoms with van der Waals surface area (Å²) >= 11 is 1.52. The van der Waals surface area contributed by atoms with E-state index in [1.54, 1.807) is 0 Å². The monoisotopic (exact) mass is 386 g/mol. The van der Waals surface area contributed by atoms with Crippen LogP contribution in [-0.4, -0.2) is 62.5 Å². The third-order valence-corrected chi connectivity index (χ3v) is 5.98. The Kier molecular flexibility index (Phi) is 5.33. The predicted molar refractivity (Wildman–Crippen MR) is 106 cm³/mol. The second kappa shape index (κ2) is 7.88. The first-order valence-corrected chi connectivity index (χ1v) is 10.6. The van der Waals surface area contributed by atoms with Crippen molar-refractivity contribution in [2.75, 3.05) is 36.8 Å². The minimum atomic E-state index is 0.178. The first kappa shape index (κ1) is 18.3. The highest BCUT2D eigenvalue weighted by atomic mass is 32.2. The Hall–Kier alpha value is -2.09. The Labute approximate surface area is 164 Å².